The van der Waals surface area contributed by atoms with Gasteiger partial charge in [-0.25, -0.2) is 0 Å². The van der Waals surface area contributed by atoms with Gasteiger partial charge in [-0.1, -0.05) is 12.1 Å². The van der Waals surface area contributed by atoms with E-state index in [0.717, 1.165) is 28.4 Å². The number of pyridine rings is 1. The van der Waals surface area contributed by atoms with E-state index in [4.69, 9.17) is 4.74 Å². The molecular weight excluding hydrogens is 350 g/mol. The molecule has 0 radical (unpaired) electrons. The molecule has 0 atom stereocenters. The third-order valence-corrected chi connectivity index (χ3v) is 4.31. The molecule has 1 N–H and O–H groups in total. The molecule has 0 spiro atoms. The summed E-state index contributed by atoms with van der Waals surface area (Å²) in [5.41, 5.74) is 4.21. The molecule has 5 nitrogen and oxygen atoms in total. The van der Waals surface area contributed by atoms with Gasteiger partial charge in [-0.05, 0) is 68.8 Å². The number of aromatic nitrogens is 1. The Kier molecular flexibility index (Phi) is 6.27. The number of rotatable bonds is 7. The molecule has 1 heterocycles. The maximum atomic E-state index is 13.1. The van der Waals surface area contributed by atoms with Gasteiger partial charge in [0.1, 0.15) is 5.75 Å². The highest BCUT2D eigenvalue weighted by atomic mass is 16.5. The molecule has 1 aromatic heterocycles. The number of amides is 1. The molecule has 5 heteroatoms. The monoisotopic (exact) mass is 375 g/mol. The van der Waals surface area contributed by atoms with Gasteiger partial charge < -0.3 is 15.0 Å². The van der Waals surface area contributed by atoms with Gasteiger partial charge in [-0.15, -0.1) is 0 Å². The summed E-state index contributed by atoms with van der Waals surface area (Å²) in [6.07, 6.45) is 3.31. The van der Waals surface area contributed by atoms with Crippen molar-refractivity contribution in [2.45, 2.75) is 20.8 Å². The van der Waals surface area contributed by atoms with Crippen molar-refractivity contribution >= 4 is 23.0 Å². The fourth-order valence-corrected chi connectivity index (χ4v) is 2.99. The predicted molar refractivity (Wildman–Crippen MR) is 114 cm³/mol. The summed E-state index contributed by atoms with van der Waals surface area (Å²) in [6, 6.07) is 17.4. The third kappa shape index (κ3) is 4.68. The van der Waals surface area contributed by atoms with Crippen molar-refractivity contribution in [2.24, 2.45) is 0 Å². The third-order valence-electron chi connectivity index (χ3n) is 4.31. The van der Waals surface area contributed by atoms with Crippen LogP contribution in [0.3, 0.4) is 0 Å². The van der Waals surface area contributed by atoms with Crippen molar-refractivity contribution in [1.29, 1.82) is 0 Å². The van der Waals surface area contributed by atoms with E-state index in [1.54, 1.807) is 17.3 Å². The van der Waals surface area contributed by atoms with Gasteiger partial charge in [-0.3, -0.25) is 9.78 Å². The second-order valence-corrected chi connectivity index (χ2v) is 6.43. The molecule has 3 aromatic rings. The number of carbonyl (C=O) groups is 1. The van der Waals surface area contributed by atoms with Crippen LogP contribution in [0.25, 0.3) is 0 Å². The topological polar surface area (TPSA) is 54.5 Å². The molecule has 3 rings (SSSR count). The van der Waals surface area contributed by atoms with Gasteiger partial charge in [0.05, 0.1) is 24.1 Å². The van der Waals surface area contributed by atoms with E-state index in [9.17, 15) is 4.79 Å². The molecule has 28 heavy (non-hydrogen) atoms. The normalized spacial score (nSPS) is 10.4. The number of aryl methyl sites for hydroxylation is 1. The predicted octanol–water partition coefficient (Wildman–Crippen LogP) is 5.20. The summed E-state index contributed by atoms with van der Waals surface area (Å²) in [6.45, 7) is 7.16. The summed E-state index contributed by atoms with van der Waals surface area (Å²) >= 11 is 0. The first-order valence-electron chi connectivity index (χ1n) is 9.44. The Morgan fingerprint density at radius 3 is 2.50 bits per heavy atom. The lowest BCUT2D eigenvalue weighted by Crippen LogP contribution is -2.30. The lowest BCUT2D eigenvalue weighted by molar-refractivity contribution is 0.0988. The Morgan fingerprint density at radius 1 is 1.04 bits per heavy atom. The smallest absolute Gasteiger partial charge is 0.259 e. The summed E-state index contributed by atoms with van der Waals surface area (Å²) < 4.78 is 5.46. The van der Waals surface area contributed by atoms with Crippen molar-refractivity contribution in [1.82, 2.24) is 4.98 Å². The summed E-state index contributed by atoms with van der Waals surface area (Å²) in [5.74, 6) is 0.753. The number of nitrogens with zero attached hydrogens (tertiary/aromatic N) is 2. The molecule has 144 valence electrons. The zero-order chi connectivity index (χ0) is 19.9. The Labute approximate surface area is 166 Å². The fourth-order valence-electron chi connectivity index (χ4n) is 2.99. The van der Waals surface area contributed by atoms with Crippen molar-refractivity contribution in [3.8, 4) is 5.75 Å². The highest BCUT2D eigenvalue weighted by Gasteiger charge is 2.17. The Bertz CT molecular complexity index is 939. The van der Waals surface area contributed by atoms with E-state index in [0.29, 0.717) is 18.7 Å². The van der Waals surface area contributed by atoms with Crippen molar-refractivity contribution in [2.75, 3.05) is 23.4 Å². The number of carbonyl (C=O) groups excluding carboxylic acids is 1. The van der Waals surface area contributed by atoms with Gasteiger partial charge in [0.2, 0.25) is 0 Å². The van der Waals surface area contributed by atoms with E-state index >= 15 is 0 Å². The van der Waals surface area contributed by atoms with E-state index < -0.39 is 0 Å². The van der Waals surface area contributed by atoms with E-state index in [1.165, 1.54) is 0 Å². The zero-order valence-electron chi connectivity index (χ0n) is 16.5. The number of anilines is 3. The standard InChI is InChI=1S/C23H25N3O2/c1-4-26(21-8-6-7-17(3)13-21)23(27)18-14-20(16-24-15-18)25-19-9-11-22(12-10-19)28-5-2/h6-16,25H,4-5H2,1-3H3. The molecule has 0 aliphatic carbocycles. The van der Waals surface area contributed by atoms with E-state index in [1.807, 2.05) is 75.4 Å². The summed E-state index contributed by atoms with van der Waals surface area (Å²) in [7, 11) is 0. The molecule has 1 amide bonds. The van der Waals surface area contributed by atoms with Crippen LogP contribution in [0.4, 0.5) is 17.1 Å². The molecule has 0 saturated carbocycles. The van der Waals surface area contributed by atoms with Crippen LogP contribution in [-0.2, 0) is 0 Å². The van der Waals surface area contributed by atoms with Crippen molar-refractivity contribution in [3.63, 3.8) is 0 Å². The zero-order valence-corrected chi connectivity index (χ0v) is 16.5. The van der Waals surface area contributed by atoms with Crippen LogP contribution in [0.2, 0.25) is 0 Å². The maximum absolute atomic E-state index is 13.1. The first kappa shape index (κ1) is 19.4. The van der Waals surface area contributed by atoms with Crippen LogP contribution in [0.5, 0.6) is 5.75 Å². The van der Waals surface area contributed by atoms with E-state index in [-0.39, 0.29) is 5.91 Å². The first-order chi connectivity index (χ1) is 13.6. The minimum atomic E-state index is -0.0732. The molecule has 0 aliphatic rings. The molecule has 0 unspecified atom stereocenters. The Hall–Kier alpha value is -3.34. The summed E-state index contributed by atoms with van der Waals surface area (Å²) in [4.78, 5) is 19.0. The molecular formula is C23H25N3O2. The second-order valence-electron chi connectivity index (χ2n) is 6.43. The van der Waals surface area contributed by atoms with Gasteiger partial charge >= 0.3 is 0 Å². The number of hydrogen-bond acceptors (Lipinski definition) is 4. The highest BCUT2D eigenvalue weighted by molar-refractivity contribution is 6.06. The van der Waals surface area contributed by atoms with Gasteiger partial charge in [0.15, 0.2) is 0 Å². The van der Waals surface area contributed by atoms with E-state index in [2.05, 4.69) is 10.3 Å². The second kappa shape index (κ2) is 9.04. The minimum absolute atomic E-state index is 0.0732. The van der Waals surface area contributed by atoms with Crippen molar-refractivity contribution in [3.05, 3.63) is 78.1 Å². The molecule has 2 aromatic carbocycles. The molecule has 0 saturated heterocycles. The molecule has 0 bridgehead atoms. The van der Waals surface area contributed by atoms with Crippen molar-refractivity contribution < 1.29 is 9.53 Å². The van der Waals surface area contributed by atoms with Crippen LogP contribution in [0.15, 0.2) is 67.0 Å². The average Bonchev–Trinajstić information content (AvgIpc) is 2.70. The lowest BCUT2D eigenvalue weighted by atomic mass is 10.1. The summed E-state index contributed by atoms with van der Waals surface area (Å²) in [5, 5.41) is 3.29. The SMILES string of the molecule is CCOc1ccc(Nc2cncc(C(=O)N(CC)c3cccc(C)c3)c2)cc1. The van der Waals surface area contributed by atoms with Crippen LogP contribution < -0.4 is 15.0 Å². The number of ether oxygens (including phenoxy) is 1. The lowest BCUT2D eigenvalue weighted by Gasteiger charge is -2.21. The Balaban J connectivity index is 1.78. The van der Waals surface area contributed by atoms with Gasteiger partial charge in [-0.2, -0.15) is 0 Å². The number of hydrogen-bond donors (Lipinski definition) is 1. The van der Waals surface area contributed by atoms with Crippen LogP contribution >= 0.6 is 0 Å². The maximum Gasteiger partial charge on any atom is 0.259 e. The Morgan fingerprint density at radius 2 is 1.82 bits per heavy atom. The van der Waals surface area contributed by atoms with Crippen LogP contribution in [0.1, 0.15) is 29.8 Å². The quantitative estimate of drug-likeness (QED) is 0.617. The highest BCUT2D eigenvalue weighted by Crippen LogP contribution is 2.22. The number of benzene rings is 2. The minimum Gasteiger partial charge on any atom is -0.494 e. The first-order valence-corrected chi connectivity index (χ1v) is 9.44. The van der Waals surface area contributed by atoms with Crippen LogP contribution in [-0.4, -0.2) is 24.0 Å². The molecule has 0 fully saturated rings. The number of nitrogens with one attached hydrogen (secondary N) is 1. The van der Waals surface area contributed by atoms with Crippen LogP contribution in [0, 0.1) is 6.92 Å². The largest absolute Gasteiger partial charge is 0.494 e. The fraction of sp³-hybridized carbons (Fsp3) is 0.217. The van der Waals surface area contributed by atoms with Gasteiger partial charge in [0.25, 0.3) is 5.91 Å². The average molecular weight is 375 g/mol. The van der Waals surface area contributed by atoms with Gasteiger partial charge in [0, 0.05) is 24.1 Å². The molecule has 0 aliphatic heterocycles.